The van der Waals surface area contributed by atoms with E-state index in [-0.39, 0.29) is 18.0 Å². The Morgan fingerprint density at radius 3 is 2.28 bits per heavy atom. The van der Waals surface area contributed by atoms with Crippen molar-refractivity contribution in [1.29, 1.82) is 0 Å². The highest BCUT2D eigenvalue weighted by atomic mass is 79.9. The number of piperidine rings is 1. The van der Waals surface area contributed by atoms with Crippen molar-refractivity contribution in [3.05, 3.63) is 28.5 Å². The van der Waals surface area contributed by atoms with Crippen LogP contribution >= 0.6 is 15.9 Å². The van der Waals surface area contributed by atoms with Gasteiger partial charge < -0.3 is 15.5 Å². The first-order valence-electron chi connectivity index (χ1n) is 9.08. The average molecular weight is 409 g/mol. The molecule has 3 rings (SSSR count). The first-order valence-corrected chi connectivity index (χ1v) is 9.88. The minimum Gasteiger partial charge on any atom is -0.338 e. The number of likely N-dealkylation sites (tertiary alicyclic amines) is 1. The molecular formula is C18H25BrN4O2. The Labute approximate surface area is 156 Å². The third-order valence-electron chi connectivity index (χ3n) is 5.01. The van der Waals surface area contributed by atoms with Crippen LogP contribution < -0.4 is 10.6 Å². The summed E-state index contributed by atoms with van der Waals surface area (Å²) in [6, 6.07) is 2.18. The summed E-state index contributed by atoms with van der Waals surface area (Å²) < 4.78 is 0.800. The Hall–Kier alpha value is -1.63. The lowest BCUT2D eigenvalue weighted by Crippen LogP contribution is -2.51. The quantitative estimate of drug-likeness (QED) is 0.806. The molecule has 0 bridgehead atoms. The highest BCUT2D eigenvalue weighted by Crippen LogP contribution is 2.18. The summed E-state index contributed by atoms with van der Waals surface area (Å²) in [4.78, 5) is 30.5. The highest BCUT2D eigenvalue weighted by molar-refractivity contribution is 9.10. The van der Waals surface area contributed by atoms with Gasteiger partial charge in [0.2, 0.25) is 0 Å². The van der Waals surface area contributed by atoms with E-state index in [1.165, 1.54) is 19.3 Å². The van der Waals surface area contributed by atoms with Crippen LogP contribution in [0.15, 0.2) is 22.9 Å². The van der Waals surface area contributed by atoms with Crippen LogP contribution in [0.2, 0.25) is 0 Å². The van der Waals surface area contributed by atoms with Crippen molar-refractivity contribution in [2.45, 2.75) is 57.0 Å². The zero-order chi connectivity index (χ0) is 17.6. The molecular weight excluding hydrogens is 384 g/mol. The first kappa shape index (κ1) is 18.2. The van der Waals surface area contributed by atoms with Crippen LogP contribution in [0, 0.1) is 0 Å². The molecule has 1 aliphatic heterocycles. The van der Waals surface area contributed by atoms with Crippen LogP contribution in [0.5, 0.6) is 0 Å². The third kappa shape index (κ3) is 5.17. The predicted molar refractivity (Wildman–Crippen MR) is 99.4 cm³/mol. The van der Waals surface area contributed by atoms with Crippen LogP contribution in [0.3, 0.4) is 0 Å². The Bertz CT molecular complexity index is 611. The van der Waals surface area contributed by atoms with Gasteiger partial charge in [0.05, 0.1) is 5.56 Å². The van der Waals surface area contributed by atoms with E-state index in [1.807, 2.05) is 4.90 Å². The second-order valence-electron chi connectivity index (χ2n) is 6.91. The third-order valence-corrected chi connectivity index (χ3v) is 5.44. The SMILES string of the molecule is O=C(NC1CCCCC1)NC1CCN(C(=O)c2cncc(Br)c2)CC1. The summed E-state index contributed by atoms with van der Waals surface area (Å²) in [6.45, 7) is 1.31. The van der Waals surface area contributed by atoms with Gasteiger partial charge in [0.1, 0.15) is 0 Å². The molecule has 25 heavy (non-hydrogen) atoms. The van der Waals surface area contributed by atoms with Crippen LogP contribution in [0.25, 0.3) is 0 Å². The molecule has 2 aliphatic rings. The van der Waals surface area contributed by atoms with Crippen LogP contribution in [-0.4, -0.2) is 47.0 Å². The van der Waals surface area contributed by atoms with Crippen molar-refractivity contribution < 1.29 is 9.59 Å². The molecule has 2 N–H and O–H groups in total. The average Bonchev–Trinajstić information content (AvgIpc) is 2.62. The van der Waals surface area contributed by atoms with E-state index in [0.29, 0.717) is 24.7 Å². The number of hydrogen-bond acceptors (Lipinski definition) is 3. The van der Waals surface area contributed by atoms with Crippen molar-refractivity contribution in [2.24, 2.45) is 0 Å². The minimum absolute atomic E-state index is 0.00101. The number of rotatable bonds is 3. The fourth-order valence-electron chi connectivity index (χ4n) is 3.60. The molecule has 2 fully saturated rings. The zero-order valence-electron chi connectivity index (χ0n) is 14.3. The molecule has 6 nitrogen and oxygen atoms in total. The number of urea groups is 1. The van der Waals surface area contributed by atoms with Crippen molar-refractivity contribution in [1.82, 2.24) is 20.5 Å². The molecule has 2 heterocycles. The monoisotopic (exact) mass is 408 g/mol. The van der Waals surface area contributed by atoms with Gasteiger partial charge in [-0.05, 0) is 47.7 Å². The molecule has 7 heteroatoms. The van der Waals surface area contributed by atoms with E-state index in [2.05, 4.69) is 31.5 Å². The smallest absolute Gasteiger partial charge is 0.315 e. The van der Waals surface area contributed by atoms with Gasteiger partial charge in [0, 0.05) is 42.0 Å². The molecule has 0 aromatic carbocycles. The molecule has 1 aliphatic carbocycles. The Kier molecular flexibility index (Phi) is 6.29. The fraction of sp³-hybridized carbons (Fsp3) is 0.611. The topological polar surface area (TPSA) is 74.3 Å². The second-order valence-corrected chi connectivity index (χ2v) is 7.83. The summed E-state index contributed by atoms with van der Waals surface area (Å²) >= 11 is 3.34. The van der Waals surface area contributed by atoms with Crippen molar-refractivity contribution in [3.63, 3.8) is 0 Å². The van der Waals surface area contributed by atoms with Gasteiger partial charge in [0.25, 0.3) is 5.91 Å². The maximum atomic E-state index is 12.5. The van der Waals surface area contributed by atoms with Crippen LogP contribution in [0.4, 0.5) is 4.79 Å². The first-order chi connectivity index (χ1) is 12.1. The summed E-state index contributed by atoms with van der Waals surface area (Å²) in [5, 5.41) is 6.15. The van der Waals surface area contributed by atoms with Gasteiger partial charge >= 0.3 is 6.03 Å². The number of carbonyl (C=O) groups is 2. The summed E-state index contributed by atoms with van der Waals surface area (Å²) in [5.41, 5.74) is 0.593. The van der Waals surface area contributed by atoms with E-state index in [1.54, 1.807) is 18.5 Å². The number of nitrogens with zero attached hydrogens (tertiary/aromatic N) is 2. The summed E-state index contributed by atoms with van der Waals surface area (Å²) in [6.07, 6.45) is 10.7. The molecule has 0 radical (unpaired) electrons. The van der Waals surface area contributed by atoms with E-state index in [0.717, 1.165) is 30.2 Å². The number of amides is 3. The molecule has 0 spiro atoms. The Morgan fingerprint density at radius 1 is 1.00 bits per heavy atom. The zero-order valence-corrected chi connectivity index (χ0v) is 15.9. The lowest BCUT2D eigenvalue weighted by Gasteiger charge is -2.33. The van der Waals surface area contributed by atoms with Crippen LogP contribution in [0.1, 0.15) is 55.3 Å². The molecule has 3 amide bonds. The lowest BCUT2D eigenvalue weighted by molar-refractivity contribution is 0.0707. The standard InChI is InChI=1S/C18H25BrN4O2/c19-14-10-13(11-20-12-14)17(24)23-8-6-16(7-9-23)22-18(25)21-15-4-2-1-3-5-15/h10-12,15-16H,1-9H2,(H2,21,22,25). The number of nitrogens with one attached hydrogen (secondary N) is 2. The number of carbonyl (C=O) groups excluding carboxylic acids is 2. The van der Waals surface area contributed by atoms with E-state index in [4.69, 9.17) is 0 Å². The van der Waals surface area contributed by atoms with Gasteiger partial charge in [-0.1, -0.05) is 19.3 Å². The molecule has 1 saturated carbocycles. The maximum Gasteiger partial charge on any atom is 0.315 e. The molecule has 0 atom stereocenters. The molecule has 1 aromatic heterocycles. The van der Waals surface area contributed by atoms with Crippen molar-refractivity contribution >= 4 is 27.9 Å². The normalized spacial score (nSPS) is 19.5. The van der Waals surface area contributed by atoms with Crippen molar-refractivity contribution in [2.75, 3.05) is 13.1 Å². The number of halogens is 1. The molecule has 1 aromatic rings. The predicted octanol–water partition coefficient (Wildman–Crippen LogP) is 3.08. The fourth-order valence-corrected chi connectivity index (χ4v) is 3.96. The largest absolute Gasteiger partial charge is 0.338 e. The molecule has 0 unspecified atom stereocenters. The summed E-state index contributed by atoms with van der Waals surface area (Å²) in [7, 11) is 0. The van der Waals surface area contributed by atoms with Gasteiger partial charge in [-0.3, -0.25) is 9.78 Å². The minimum atomic E-state index is -0.0622. The van der Waals surface area contributed by atoms with Gasteiger partial charge in [-0.15, -0.1) is 0 Å². The number of aromatic nitrogens is 1. The Balaban J connectivity index is 1.43. The Morgan fingerprint density at radius 2 is 1.64 bits per heavy atom. The van der Waals surface area contributed by atoms with Gasteiger partial charge in [-0.25, -0.2) is 4.79 Å². The highest BCUT2D eigenvalue weighted by Gasteiger charge is 2.25. The van der Waals surface area contributed by atoms with E-state index >= 15 is 0 Å². The molecule has 1 saturated heterocycles. The second kappa shape index (κ2) is 8.65. The van der Waals surface area contributed by atoms with Crippen LogP contribution in [-0.2, 0) is 0 Å². The van der Waals surface area contributed by atoms with E-state index < -0.39 is 0 Å². The molecule has 136 valence electrons. The van der Waals surface area contributed by atoms with Crippen molar-refractivity contribution in [3.8, 4) is 0 Å². The number of pyridine rings is 1. The van der Waals surface area contributed by atoms with Gasteiger partial charge in [-0.2, -0.15) is 0 Å². The summed E-state index contributed by atoms with van der Waals surface area (Å²) in [5.74, 6) is -0.00101. The maximum absolute atomic E-state index is 12.5. The number of hydrogen-bond donors (Lipinski definition) is 2. The van der Waals surface area contributed by atoms with E-state index in [9.17, 15) is 9.59 Å². The van der Waals surface area contributed by atoms with Gasteiger partial charge in [0.15, 0.2) is 0 Å². The lowest BCUT2D eigenvalue weighted by atomic mass is 9.96.